The fourth-order valence-electron chi connectivity index (χ4n) is 2.89. The minimum atomic E-state index is -0.283. The van der Waals surface area contributed by atoms with Gasteiger partial charge in [0.25, 0.3) is 0 Å². The standard InChI is InChI=1S/C16H23FN2O2/c1-11-7-8-19(15(11)10-20)9-16(21)18-12(2)13-3-5-14(17)6-4-13/h3-6,11-12,15,20H,7-10H2,1-2H3,(H,18,21). The zero-order valence-corrected chi connectivity index (χ0v) is 12.6. The zero-order valence-electron chi connectivity index (χ0n) is 12.6. The van der Waals surface area contributed by atoms with Gasteiger partial charge in [-0.2, -0.15) is 0 Å². The van der Waals surface area contributed by atoms with Gasteiger partial charge in [-0.25, -0.2) is 4.39 Å². The number of carbonyl (C=O) groups is 1. The third kappa shape index (κ3) is 4.02. The van der Waals surface area contributed by atoms with E-state index in [2.05, 4.69) is 12.2 Å². The Kier molecular flexibility index (Phi) is 5.31. The molecule has 21 heavy (non-hydrogen) atoms. The summed E-state index contributed by atoms with van der Waals surface area (Å²) in [5.74, 6) is 0.0609. The van der Waals surface area contributed by atoms with E-state index in [9.17, 15) is 14.3 Å². The SMILES string of the molecule is CC(NC(=O)CN1CCC(C)C1CO)c1ccc(F)cc1. The van der Waals surface area contributed by atoms with Gasteiger partial charge >= 0.3 is 0 Å². The Labute approximate surface area is 125 Å². The number of aliphatic hydroxyl groups excluding tert-OH is 1. The Balaban J connectivity index is 1.88. The Morgan fingerprint density at radius 2 is 2.14 bits per heavy atom. The highest BCUT2D eigenvalue weighted by Gasteiger charge is 2.31. The molecule has 2 rings (SSSR count). The topological polar surface area (TPSA) is 52.6 Å². The van der Waals surface area contributed by atoms with Gasteiger partial charge in [0.1, 0.15) is 5.82 Å². The molecule has 1 saturated heterocycles. The summed E-state index contributed by atoms with van der Waals surface area (Å²) in [6.45, 7) is 5.19. The van der Waals surface area contributed by atoms with Crippen LogP contribution in [0.25, 0.3) is 0 Å². The molecule has 1 heterocycles. The van der Waals surface area contributed by atoms with Crippen LogP contribution in [0.15, 0.2) is 24.3 Å². The summed E-state index contributed by atoms with van der Waals surface area (Å²) in [5.41, 5.74) is 0.873. The molecule has 0 saturated carbocycles. The third-order valence-corrected chi connectivity index (χ3v) is 4.28. The number of carbonyl (C=O) groups excluding carboxylic acids is 1. The van der Waals surface area contributed by atoms with Gasteiger partial charge in [-0.3, -0.25) is 9.69 Å². The number of hydrogen-bond donors (Lipinski definition) is 2. The molecule has 2 N–H and O–H groups in total. The van der Waals surface area contributed by atoms with Crippen molar-refractivity contribution in [3.05, 3.63) is 35.6 Å². The quantitative estimate of drug-likeness (QED) is 0.869. The van der Waals surface area contributed by atoms with Gasteiger partial charge in [0.15, 0.2) is 0 Å². The number of aliphatic hydroxyl groups is 1. The van der Waals surface area contributed by atoms with Crippen molar-refractivity contribution >= 4 is 5.91 Å². The molecule has 1 aromatic carbocycles. The largest absolute Gasteiger partial charge is 0.395 e. The van der Waals surface area contributed by atoms with E-state index in [1.54, 1.807) is 12.1 Å². The Bertz CT molecular complexity index is 478. The van der Waals surface area contributed by atoms with Crippen molar-refractivity contribution in [2.24, 2.45) is 5.92 Å². The van der Waals surface area contributed by atoms with E-state index in [1.165, 1.54) is 12.1 Å². The maximum absolute atomic E-state index is 12.9. The van der Waals surface area contributed by atoms with Crippen LogP contribution in [-0.2, 0) is 4.79 Å². The normalized spacial score (nSPS) is 24.0. The van der Waals surface area contributed by atoms with E-state index < -0.39 is 0 Å². The first kappa shape index (κ1) is 15.9. The van der Waals surface area contributed by atoms with Crippen molar-refractivity contribution in [1.82, 2.24) is 10.2 Å². The summed E-state index contributed by atoms with van der Waals surface area (Å²) in [7, 11) is 0. The summed E-state index contributed by atoms with van der Waals surface area (Å²) in [6, 6.07) is 6.04. The van der Waals surface area contributed by atoms with Crippen LogP contribution < -0.4 is 5.32 Å². The molecule has 1 fully saturated rings. The second-order valence-electron chi connectivity index (χ2n) is 5.83. The molecule has 0 aliphatic carbocycles. The molecule has 1 aliphatic heterocycles. The lowest BCUT2D eigenvalue weighted by atomic mass is 10.0. The maximum atomic E-state index is 12.9. The third-order valence-electron chi connectivity index (χ3n) is 4.28. The molecule has 0 radical (unpaired) electrons. The number of amides is 1. The summed E-state index contributed by atoms with van der Waals surface area (Å²) in [6.07, 6.45) is 1.01. The van der Waals surface area contributed by atoms with E-state index in [-0.39, 0.29) is 30.4 Å². The summed E-state index contributed by atoms with van der Waals surface area (Å²) < 4.78 is 12.9. The second kappa shape index (κ2) is 7.00. The van der Waals surface area contributed by atoms with Gasteiger partial charge < -0.3 is 10.4 Å². The van der Waals surface area contributed by atoms with Gasteiger partial charge in [0.2, 0.25) is 5.91 Å². The van der Waals surface area contributed by atoms with Gasteiger partial charge in [0, 0.05) is 6.04 Å². The van der Waals surface area contributed by atoms with E-state index >= 15 is 0 Å². The van der Waals surface area contributed by atoms with Crippen molar-refractivity contribution in [2.75, 3.05) is 19.7 Å². The average Bonchev–Trinajstić information content (AvgIpc) is 2.79. The molecule has 4 nitrogen and oxygen atoms in total. The fourth-order valence-corrected chi connectivity index (χ4v) is 2.89. The van der Waals surface area contributed by atoms with Crippen LogP contribution in [0, 0.1) is 11.7 Å². The molecule has 0 spiro atoms. The van der Waals surface area contributed by atoms with Crippen molar-refractivity contribution in [3.63, 3.8) is 0 Å². The molecule has 1 aromatic rings. The Morgan fingerprint density at radius 3 is 2.76 bits per heavy atom. The number of likely N-dealkylation sites (tertiary alicyclic amines) is 1. The van der Waals surface area contributed by atoms with Crippen LogP contribution in [0.1, 0.15) is 31.9 Å². The van der Waals surface area contributed by atoms with Gasteiger partial charge in [0.05, 0.1) is 19.2 Å². The predicted molar refractivity (Wildman–Crippen MR) is 79.2 cm³/mol. The first-order valence-corrected chi connectivity index (χ1v) is 7.41. The molecule has 116 valence electrons. The minimum Gasteiger partial charge on any atom is -0.395 e. The molecule has 1 aliphatic rings. The fraction of sp³-hybridized carbons (Fsp3) is 0.562. The monoisotopic (exact) mass is 294 g/mol. The lowest BCUT2D eigenvalue weighted by Crippen LogP contribution is -2.43. The highest BCUT2D eigenvalue weighted by Crippen LogP contribution is 2.23. The molecule has 0 aromatic heterocycles. The van der Waals surface area contributed by atoms with Crippen LogP contribution in [0.4, 0.5) is 4.39 Å². The van der Waals surface area contributed by atoms with E-state index in [4.69, 9.17) is 0 Å². The minimum absolute atomic E-state index is 0.0666. The molecule has 5 heteroatoms. The molecular formula is C16H23FN2O2. The Hall–Kier alpha value is -1.46. The highest BCUT2D eigenvalue weighted by molar-refractivity contribution is 5.78. The second-order valence-corrected chi connectivity index (χ2v) is 5.83. The molecule has 1 amide bonds. The number of rotatable bonds is 5. The Morgan fingerprint density at radius 1 is 1.48 bits per heavy atom. The smallest absolute Gasteiger partial charge is 0.234 e. The lowest BCUT2D eigenvalue weighted by Gasteiger charge is -2.25. The van der Waals surface area contributed by atoms with E-state index in [0.29, 0.717) is 12.5 Å². The summed E-state index contributed by atoms with van der Waals surface area (Å²) in [4.78, 5) is 14.1. The van der Waals surface area contributed by atoms with Crippen molar-refractivity contribution in [3.8, 4) is 0 Å². The summed E-state index contributed by atoms with van der Waals surface area (Å²) in [5, 5.41) is 12.3. The first-order chi connectivity index (χ1) is 10.0. The predicted octanol–water partition coefficient (Wildman–Crippen LogP) is 1.71. The molecular weight excluding hydrogens is 271 g/mol. The first-order valence-electron chi connectivity index (χ1n) is 7.41. The van der Waals surface area contributed by atoms with Gasteiger partial charge in [-0.05, 0) is 43.5 Å². The summed E-state index contributed by atoms with van der Waals surface area (Å²) >= 11 is 0. The van der Waals surface area contributed by atoms with Gasteiger partial charge in [-0.15, -0.1) is 0 Å². The molecule has 3 atom stereocenters. The van der Waals surface area contributed by atoms with Crippen molar-refractivity contribution < 1.29 is 14.3 Å². The number of halogens is 1. The van der Waals surface area contributed by atoms with E-state index in [1.807, 2.05) is 11.8 Å². The van der Waals surface area contributed by atoms with Crippen LogP contribution >= 0.6 is 0 Å². The van der Waals surface area contributed by atoms with Crippen molar-refractivity contribution in [1.29, 1.82) is 0 Å². The molecule has 3 unspecified atom stereocenters. The van der Waals surface area contributed by atoms with Crippen molar-refractivity contribution in [2.45, 2.75) is 32.4 Å². The number of hydrogen-bond acceptors (Lipinski definition) is 3. The number of nitrogens with one attached hydrogen (secondary N) is 1. The lowest BCUT2D eigenvalue weighted by molar-refractivity contribution is -0.123. The number of nitrogens with zero attached hydrogens (tertiary/aromatic N) is 1. The number of benzene rings is 1. The van der Waals surface area contributed by atoms with Crippen LogP contribution in [0.5, 0.6) is 0 Å². The molecule has 0 bridgehead atoms. The highest BCUT2D eigenvalue weighted by atomic mass is 19.1. The zero-order chi connectivity index (χ0) is 15.4. The van der Waals surface area contributed by atoms with Crippen LogP contribution in [0.3, 0.4) is 0 Å². The van der Waals surface area contributed by atoms with Crippen LogP contribution in [0.2, 0.25) is 0 Å². The van der Waals surface area contributed by atoms with Gasteiger partial charge in [-0.1, -0.05) is 19.1 Å². The average molecular weight is 294 g/mol. The maximum Gasteiger partial charge on any atom is 0.234 e. The van der Waals surface area contributed by atoms with Crippen LogP contribution in [-0.4, -0.2) is 41.7 Å². The van der Waals surface area contributed by atoms with E-state index in [0.717, 1.165) is 18.5 Å².